The number of carbonyl (C=O) groups excluding carboxylic acids is 1. The van der Waals surface area contributed by atoms with Crippen LogP contribution in [0.3, 0.4) is 0 Å². The smallest absolute Gasteiger partial charge is 0.249 e. The number of carbonyl (C=O) groups is 1. The Bertz CT molecular complexity index is 1070. The molecule has 2 aromatic heterocycles. The summed E-state index contributed by atoms with van der Waals surface area (Å²) >= 11 is 0. The van der Waals surface area contributed by atoms with Crippen LogP contribution in [0.2, 0.25) is 0 Å². The molecule has 0 saturated heterocycles. The summed E-state index contributed by atoms with van der Waals surface area (Å²) in [5.41, 5.74) is 10.5. The Morgan fingerprint density at radius 1 is 1.28 bits per heavy atom. The lowest BCUT2D eigenvalue weighted by Gasteiger charge is -2.09. The van der Waals surface area contributed by atoms with Crippen molar-refractivity contribution in [1.29, 1.82) is 0 Å². The lowest BCUT2D eigenvalue weighted by molar-refractivity contribution is 0.100. The van der Waals surface area contributed by atoms with Crippen molar-refractivity contribution in [2.24, 2.45) is 5.73 Å². The van der Waals surface area contributed by atoms with Gasteiger partial charge >= 0.3 is 0 Å². The quantitative estimate of drug-likeness (QED) is 0.600. The zero-order valence-electron chi connectivity index (χ0n) is 14.2. The molecule has 0 atom stereocenters. The van der Waals surface area contributed by atoms with E-state index in [-0.39, 0.29) is 0 Å². The molecule has 2 aromatic carbocycles. The first-order valence-electron chi connectivity index (χ1n) is 8.33. The number of rotatable bonds is 4. The molecule has 0 fully saturated rings. The predicted octanol–water partition coefficient (Wildman–Crippen LogP) is 4.46. The van der Waals surface area contributed by atoms with E-state index in [0.717, 1.165) is 27.4 Å². The van der Waals surface area contributed by atoms with Crippen LogP contribution in [0.5, 0.6) is 0 Å². The normalized spacial score (nSPS) is 11.6. The molecule has 2 N–H and O–H groups in total. The van der Waals surface area contributed by atoms with Gasteiger partial charge in [0.05, 0.1) is 30.1 Å². The summed E-state index contributed by atoms with van der Waals surface area (Å²) in [6, 6.07) is 15.2. The third-order valence-corrected chi connectivity index (χ3v) is 4.67. The van der Waals surface area contributed by atoms with Crippen molar-refractivity contribution in [3.63, 3.8) is 0 Å². The number of benzene rings is 2. The molecular weight excluding hydrogens is 312 g/mol. The first-order chi connectivity index (χ1) is 12.1. The van der Waals surface area contributed by atoms with Crippen molar-refractivity contribution < 1.29 is 9.21 Å². The van der Waals surface area contributed by atoms with Gasteiger partial charge in [-0.25, -0.2) is 0 Å². The Morgan fingerprint density at radius 3 is 2.80 bits per heavy atom. The molecule has 4 rings (SSSR count). The van der Waals surface area contributed by atoms with Crippen molar-refractivity contribution in [3.05, 3.63) is 71.7 Å². The molecule has 4 heteroatoms. The third-order valence-electron chi connectivity index (χ3n) is 4.67. The first-order valence-corrected chi connectivity index (χ1v) is 8.33. The summed E-state index contributed by atoms with van der Waals surface area (Å²) in [6.45, 7) is 4.98. The lowest BCUT2D eigenvalue weighted by Crippen LogP contribution is -2.11. The van der Waals surface area contributed by atoms with Gasteiger partial charge in [0.1, 0.15) is 0 Å². The minimum atomic E-state index is -0.422. The van der Waals surface area contributed by atoms with Gasteiger partial charge in [-0.05, 0) is 41.8 Å². The van der Waals surface area contributed by atoms with Gasteiger partial charge in [-0.2, -0.15) is 0 Å². The molecule has 0 aliphatic carbocycles. The number of nitrogens with two attached hydrogens (primary N) is 1. The van der Waals surface area contributed by atoms with E-state index >= 15 is 0 Å². The van der Waals surface area contributed by atoms with Gasteiger partial charge in [0.2, 0.25) is 5.91 Å². The van der Waals surface area contributed by atoms with E-state index in [1.807, 2.05) is 24.3 Å². The Balaban J connectivity index is 2.09. The van der Waals surface area contributed by atoms with Crippen molar-refractivity contribution in [2.75, 3.05) is 0 Å². The van der Waals surface area contributed by atoms with Crippen molar-refractivity contribution in [1.82, 2.24) is 4.57 Å². The molecule has 0 spiro atoms. The van der Waals surface area contributed by atoms with Crippen LogP contribution in [0.15, 0.2) is 53.3 Å². The standard InChI is InChI=1S/C21H19N2O2/c1-13(2)15-6-7-16-19(10-15)23(11-14-8-9-25-12-14)18-5-3-4-17(20(16)18)21(22)24/h3-6,8-10,12-13H,11H2,1-2H3,(H2,22,24). The maximum atomic E-state index is 11.9. The van der Waals surface area contributed by atoms with E-state index in [9.17, 15) is 4.79 Å². The van der Waals surface area contributed by atoms with Crippen molar-refractivity contribution in [2.45, 2.75) is 26.3 Å². The summed E-state index contributed by atoms with van der Waals surface area (Å²) in [7, 11) is 0. The minimum Gasteiger partial charge on any atom is -0.472 e. The zero-order chi connectivity index (χ0) is 17.6. The van der Waals surface area contributed by atoms with Gasteiger partial charge in [0.25, 0.3) is 0 Å². The van der Waals surface area contributed by atoms with Crippen LogP contribution in [0, 0.1) is 6.07 Å². The van der Waals surface area contributed by atoms with Crippen LogP contribution in [0.25, 0.3) is 21.8 Å². The van der Waals surface area contributed by atoms with Crippen LogP contribution in [0.1, 0.15) is 41.3 Å². The van der Waals surface area contributed by atoms with E-state index in [4.69, 9.17) is 10.2 Å². The number of aromatic nitrogens is 1. The minimum absolute atomic E-state index is 0.400. The molecule has 1 radical (unpaired) electrons. The molecule has 25 heavy (non-hydrogen) atoms. The Morgan fingerprint density at radius 2 is 2.12 bits per heavy atom. The fourth-order valence-corrected chi connectivity index (χ4v) is 3.35. The van der Waals surface area contributed by atoms with Crippen molar-refractivity contribution in [3.8, 4) is 0 Å². The molecule has 4 nitrogen and oxygen atoms in total. The second kappa shape index (κ2) is 5.81. The molecule has 2 heterocycles. The maximum Gasteiger partial charge on any atom is 0.249 e. The number of nitrogens with zero attached hydrogens (tertiary/aromatic N) is 1. The van der Waals surface area contributed by atoms with E-state index in [2.05, 4.69) is 30.5 Å². The van der Waals surface area contributed by atoms with Crippen LogP contribution < -0.4 is 5.73 Å². The van der Waals surface area contributed by atoms with Crippen molar-refractivity contribution >= 4 is 27.7 Å². The summed E-state index contributed by atoms with van der Waals surface area (Å²) < 4.78 is 7.41. The lowest BCUT2D eigenvalue weighted by atomic mass is 10.00. The highest BCUT2D eigenvalue weighted by Crippen LogP contribution is 2.33. The highest BCUT2D eigenvalue weighted by Gasteiger charge is 2.17. The van der Waals surface area contributed by atoms with Gasteiger partial charge in [-0.3, -0.25) is 4.79 Å². The second-order valence-corrected chi connectivity index (χ2v) is 6.63. The molecule has 0 unspecified atom stereocenters. The average molecular weight is 331 g/mol. The topological polar surface area (TPSA) is 61.2 Å². The first kappa shape index (κ1) is 15.5. The van der Waals surface area contributed by atoms with E-state index in [1.54, 1.807) is 18.6 Å². The van der Waals surface area contributed by atoms with Gasteiger partial charge in [0.15, 0.2) is 0 Å². The molecule has 0 aliphatic heterocycles. The average Bonchev–Trinajstić information content (AvgIpc) is 3.21. The van der Waals surface area contributed by atoms with E-state index in [0.29, 0.717) is 18.0 Å². The van der Waals surface area contributed by atoms with Gasteiger partial charge < -0.3 is 14.7 Å². The highest BCUT2D eigenvalue weighted by atomic mass is 16.3. The summed E-state index contributed by atoms with van der Waals surface area (Å²) in [5.74, 6) is -0.0223. The Hall–Kier alpha value is -3.01. The van der Waals surface area contributed by atoms with Crippen LogP contribution >= 0.6 is 0 Å². The van der Waals surface area contributed by atoms with Crippen LogP contribution in [-0.2, 0) is 6.54 Å². The fraction of sp³-hybridized carbons (Fsp3) is 0.190. The van der Waals surface area contributed by atoms with Gasteiger partial charge in [-0.15, -0.1) is 0 Å². The van der Waals surface area contributed by atoms with Gasteiger partial charge in [0, 0.05) is 21.9 Å². The SMILES string of the molecule is CC(C)c1c[c]c2c3c(C(N)=O)cccc3n(Cc3ccoc3)c2c1. The fourth-order valence-electron chi connectivity index (χ4n) is 3.35. The van der Waals surface area contributed by atoms with Gasteiger partial charge in [-0.1, -0.05) is 26.0 Å². The van der Waals surface area contributed by atoms with E-state index < -0.39 is 5.91 Å². The van der Waals surface area contributed by atoms with E-state index in [1.165, 1.54) is 5.56 Å². The zero-order valence-corrected chi connectivity index (χ0v) is 14.2. The molecule has 4 aromatic rings. The summed E-state index contributed by atoms with van der Waals surface area (Å²) in [6.07, 6.45) is 3.41. The number of hydrogen-bond acceptors (Lipinski definition) is 2. The Labute approximate surface area is 145 Å². The maximum absolute atomic E-state index is 11.9. The van der Waals surface area contributed by atoms with Crippen LogP contribution in [-0.4, -0.2) is 10.5 Å². The number of amides is 1. The number of furan rings is 1. The molecule has 1 amide bonds. The largest absolute Gasteiger partial charge is 0.472 e. The summed E-state index contributed by atoms with van der Waals surface area (Å²) in [5, 5.41) is 1.79. The second-order valence-electron chi connectivity index (χ2n) is 6.63. The number of fused-ring (bicyclic) bond motifs is 3. The predicted molar refractivity (Wildman–Crippen MR) is 98.7 cm³/mol. The third kappa shape index (κ3) is 2.50. The highest BCUT2D eigenvalue weighted by molar-refractivity contribution is 6.17. The molecule has 0 saturated carbocycles. The number of primary amides is 1. The molecular formula is C21H19N2O2. The summed E-state index contributed by atoms with van der Waals surface area (Å²) in [4.78, 5) is 11.9. The molecule has 125 valence electrons. The molecule has 0 aliphatic rings. The monoisotopic (exact) mass is 331 g/mol. The van der Waals surface area contributed by atoms with Crippen LogP contribution in [0.4, 0.5) is 0 Å². The number of hydrogen-bond donors (Lipinski definition) is 1. The molecule has 0 bridgehead atoms. The Kier molecular flexibility index (Phi) is 3.61.